The Morgan fingerprint density at radius 3 is 1.49 bits per heavy atom. The Kier molecular flexibility index (Phi) is 7.96. The van der Waals surface area contributed by atoms with E-state index in [2.05, 4.69) is 0 Å². The molecule has 0 saturated heterocycles. The van der Waals surface area contributed by atoms with Crippen molar-refractivity contribution in [3.63, 3.8) is 0 Å². The van der Waals surface area contributed by atoms with Gasteiger partial charge in [-0.15, -0.1) is 0 Å². The molecule has 0 aromatic heterocycles. The van der Waals surface area contributed by atoms with Gasteiger partial charge in [-0.2, -0.15) is 0 Å². The van der Waals surface area contributed by atoms with Gasteiger partial charge >= 0.3 is 0 Å². The molecule has 0 atom stereocenters. The molecule has 0 bridgehead atoms. The highest BCUT2D eigenvalue weighted by Gasteiger charge is 2.30. The first-order chi connectivity index (χ1) is 18.8. The molecular formula is C33H33N3O3. The number of hydrogen-bond donors (Lipinski definition) is 3. The average Bonchev–Trinajstić information content (AvgIpc) is 2.98. The van der Waals surface area contributed by atoms with Crippen molar-refractivity contribution in [1.82, 2.24) is 0 Å². The minimum atomic E-state index is -0.281. The number of benzene rings is 4. The lowest BCUT2D eigenvalue weighted by molar-refractivity contribution is 0.0942. The molecule has 0 aliphatic heterocycles. The minimum absolute atomic E-state index is 0.136. The number of ketones is 3. The van der Waals surface area contributed by atoms with Crippen LogP contribution in [0.3, 0.4) is 0 Å². The van der Waals surface area contributed by atoms with Crippen LogP contribution in [-0.4, -0.2) is 17.3 Å². The third-order valence-electron chi connectivity index (χ3n) is 7.04. The van der Waals surface area contributed by atoms with Crippen LogP contribution in [0.4, 0.5) is 17.1 Å². The van der Waals surface area contributed by atoms with Gasteiger partial charge in [0.2, 0.25) is 0 Å². The van der Waals surface area contributed by atoms with Crippen LogP contribution in [0, 0.1) is 0 Å². The maximum Gasteiger partial charge on any atom is 0.164 e. The highest BCUT2D eigenvalue weighted by molar-refractivity contribution is 6.21. The summed E-state index contributed by atoms with van der Waals surface area (Å²) in [6, 6.07) is 22.5. The lowest BCUT2D eigenvalue weighted by Gasteiger charge is -2.25. The first kappa shape index (κ1) is 27.3. The van der Waals surface area contributed by atoms with Gasteiger partial charge in [0.25, 0.3) is 0 Å². The van der Waals surface area contributed by atoms with E-state index in [9.17, 15) is 14.4 Å². The van der Waals surface area contributed by atoms with Crippen LogP contribution < -0.4 is 17.2 Å². The second-order valence-corrected chi connectivity index (χ2v) is 9.34. The van der Waals surface area contributed by atoms with Crippen molar-refractivity contribution in [3.05, 3.63) is 89.5 Å². The first-order valence-corrected chi connectivity index (χ1v) is 13.1. The van der Waals surface area contributed by atoms with E-state index >= 15 is 0 Å². The van der Waals surface area contributed by atoms with E-state index in [-0.39, 0.29) is 64.7 Å². The Morgan fingerprint density at radius 1 is 0.513 bits per heavy atom. The van der Waals surface area contributed by atoms with E-state index in [4.69, 9.17) is 17.2 Å². The Morgan fingerprint density at radius 2 is 0.974 bits per heavy atom. The lowest BCUT2D eigenvalue weighted by atomic mass is 9.79. The fourth-order valence-corrected chi connectivity index (χ4v) is 5.05. The number of rotatable bonds is 9. The summed E-state index contributed by atoms with van der Waals surface area (Å²) in [4.78, 5) is 39.9. The van der Waals surface area contributed by atoms with Crippen LogP contribution in [0.5, 0.6) is 0 Å². The van der Waals surface area contributed by atoms with Crippen LogP contribution in [0.15, 0.2) is 72.8 Å². The molecule has 4 aromatic carbocycles. The molecule has 6 N–H and O–H groups in total. The number of hydrogen-bond acceptors (Lipinski definition) is 6. The summed E-state index contributed by atoms with van der Waals surface area (Å²) in [7, 11) is 0. The van der Waals surface area contributed by atoms with Crippen molar-refractivity contribution in [2.45, 2.75) is 40.0 Å². The molecule has 0 fully saturated rings. The van der Waals surface area contributed by atoms with Gasteiger partial charge in [0.05, 0.1) is 17.1 Å². The van der Waals surface area contributed by atoms with Gasteiger partial charge in [-0.25, -0.2) is 0 Å². The Balaban J connectivity index is 2.28. The normalized spacial score (nSPS) is 10.8. The van der Waals surface area contributed by atoms with E-state index in [0.29, 0.717) is 27.9 Å². The summed E-state index contributed by atoms with van der Waals surface area (Å²) >= 11 is 0. The van der Waals surface area contributed by atoms with Crippen LogP contribution in [0.25, 0.3) is 33.4 Å². The van der Waals surface area contributed by atoms with Crippen molar-refractivity contribution in [3.8, 4) is 33.4 Å². The second kappa shape index (κ2) is 11.4. The molecule has 39 heavy (non-hydrogen) atoms. The Hall–Kier alpha value is -4.71. The molecule has 6 heteroatoms. The van der Waals surface area contributed by atoms with Gasteiger partial charge in [-0.3, -0.25) is 14.4 Å². The number of carbonyl (C=O) groups excluding carboxylic acids is 3. The third kappa shape index (κ3) is 4.81. The maximum atomic E-state index is 13.6. The van der Waals surface area contributed by atoms with Crippen LogP contribution in [0.1, 0.15) is 71.1 Å². The third-order valence-corrected chi connectivity index (χ3v) is 7.04. The molecule has 4 aromatic rings. The fraction of sp³-hybridized carbons (Fsp3) is 0.182. The first-order valence-electron chi connectivity index (χ1n) is 13.1. The van der Waals surface area contributed by atoms with Gasteiger partial charge in [0.1, 0.15) is 0 Å². The van der Waals surface area contributed by atoms with Crippen molar-refractivity contribution < 1.29 is 14.4 Å². The van der Waals surface area contributed by atoms with Crippen LogP contribution in [0.2, 0.25) is 0 Å². The van der Waals surface area contributed by atoms with Gasteiger partial charge in [0, 0.05) is 52.6 Å². The standard InChI is InChI=1S/C33H33N3O3/c1-4-23(37)21-17-18-22(29(25(39)6-3)28(21)24(38)5-2)30-26(19-13-9-7-10-14-19)27(20-15-11-8-12-16-20)31(34)33(36)32(30)35/h7-18H,4-6,34-36H2,1-3H3. The van der Waals surface area contributed by atoms with E-state index in [1.165, 1.54) is 0 Å². The molecule has 0 aliphatic carbocycles. The highest BCUT2D eigenvalue weighted by Crippen LogP contribution is 2.51. The Labute approximate surface area is 228 Å². The summed E-state index contributed by atoms with van der Waals surface area (Å²) in [5, 5.41) is 0. The summed E-state index contributed by atoms with van der Waals surface area (Å²) in [6.07, 6.45) is 0.475. The largest absolute Gasteiger partial charge is 0.396 e. The minimum Gasteiger partial charge on any atom is -0.396 e. The summed E-state index contributed by atoms with van der Waals surface area (Å²) in [5.41, 5.74) is 25.2. The zero-order chi connectivity index (χ0) is 28.3. The number of Topliss-reactive ketones (excluding diaryl/α,β-unsaturated/α-hetero) is 3. The molecule has 0 saturated carbocycles. The zero-order valence-corrected chi connectivity index (χ0v) is 22.5. The van der Waals surface area contributed by atoms with E-state index in [0.717, 1.165) is 11.1 Å². The van der Waals surface area contributed by atoms with Gasteiger partial charge in [-0.05, 0) is 16.7 Å². The van der Waals surface area contributed by atoms with Crippen LogP contribution in [-0.2, 0) is 0 Å². The predicted molar refractivity (Wildman–Crippen MR) is 160 cm³/mol. The van der Waals surface area contributed by atoms with Crippen molar-refractivity contribution in [2.24, 2.45) is 0 Å². The van der Waals surface area contributed by atoms with Gasteiger partial charge < -0.3 is 17.2 Å². The molecule has 0 radical (unpaired) electrons. The van der Waals surface area contributed by atoms with Crippen molar-refractivity contribution >= 4 is 34.4 Å². The molecule has 0 spiro atoms. The molecular weight excluding hydrogens is 486 g/mol. The maximum absolute atomic E-state index is 13.6. The predicted octanol–water partition coefficient (Wildman–Crippen LogP) is 7.21. The zero-order valence-electron chi connectivity index (χ0n) is 22.5. The monoisotopic (exact) mass is 519 g/mol. The number of anilines is 3. The molecule has 6 nitrogen and oxygen atoms in total. The second-order valence-electron chi connectivity index (χ2n) is 9.34. The topological polar surface area (TPSA) is 129 Å². The molecule has 4 rings (SSSR count). The van der Waals surface area contributed by atoms with E-state index in [1.54, 1.807) is 32.9 Å². The Bertz CT molecular complexity index is 1580. The number of nitrogens with two attached hydrogens (primary N) is 3. The molecule has 0 aliphatic rings. The molecule has 0 amide bonds. The van der Waals surface area contributed by atoms with Gasteiger partial charge in [0.15, 0.2) is 17.3 Å². The molecule has 0 heterocycles. The van der Waals surface area contributed by atoms with E-state index in [1.807, 2.05) is 60.7 Å². The van der Waals surface area contributed by atoms with Crippen molar-refractivity contribution in [2.75, 3.05) is 17.2 Å². The summed E-state index contributed by atoms with van der Waals surface area (Å²) in [6.45, 7) is 5.18. The SMILES string of the molecule is CCC(=O)c1ccc(-c2c(N)c(N)c(N)c(-c3ccccc3)c2-c2ccccc2)c(C(=O)CC)c1C(=O)CC. The van der Waals surface area contributed by atoms with Crippen molar-refractivity contribution in [1.29, 1.82) is 0 Å². The smallest absolute Gasteiger partial charge is 0.164 e. The van der Waals surface area contributed by atoms with E-state index < -0.39 is 0 Å². The quantitative estimate of drug-likeness (QED) is 0.158. The lowest BCUT2D eigenvalue weighted by Crippen LogP contribution is -2.17. The summed E-state index contributed by atoms with van der Waals surface area (Å²) in [5.74, 6) is -0.749. The molecule has 198 valence electrons. The molecule has 0 unspecified atom stereocenters. The number of carbonyl (C=O) groups is 3. The number of nitrogen functional groups attached to an aromatic ring is 3. The fourth-order valence-electron chi connectivity index (χ4n) is 5.05. The van der Waals surface area contributed by atoms with Crippen LogP contribution >= 0.6 is 0 Å². The van der Waals surface area contributed by atoms with Gasteiger partial charge in [-0.1, -0.05) is 93.6 Å². The average molecular weight is 520 g/mol. The summed E-state index contributed by atoms with van der Waals surface area (Å²) < 4.78 is 0. The highest BCUT2D eigenvalue weighted by atomic mass is 16.1.